The van der Waals surface area contributed by atoms with E-state index in [1.165, 1.54) is 34.8 Å². The quantitative estimate of drug-likeness (QED) is 0.482. The van der Waals surface area contributed by atoms with Crippen LogP contribution in [0.4, 0.5) is 5.69 Å². The number of hydrazone groups is 1. The van der Waals surface area contributed by atoms with E-state index < -0.39 is 10.0 Å². The summed E-state index contributed by atoms with van der Waals surface area (Å²) in [5.41, 5.74) is 3.32. The van der Waals surface area contributed by atoms with Gasteiger partial charge in [-0.15, -0.1) is 0 Å². The normalized spacial score (nSPS) is 14.8. The van der Waals surface area contributed by atoms with Gasteiger partial charge in [-0.1, -0.05) is 36.4 Å². The van der Waals surface area contributed by atoms with Crippen LogP contribution in [-0.2, 0) is 21.2 Å². The number of carbonyl (C=O) groups is 1. The Morgan fingerprint density at radius 1 is 1.00 bits per heavy atom. The highest BCUT2D eigenvalue weighted by molar-refractivity contribution is 7.89. The zero-order valence-electron chi connectivity index (χ0n) is 19.3. The van der Waals surface area contributed by atoms with Crippen molar-refractivity contribution in [1.29, 1.82) is 0 Å². The molecular formula is C26H25N3O5S. The Morgan fingerprint density at radius 3 is 2.37 bits per heavy atom. The number of methoxy groups -OCH3 is 1. The number of benzene rings is 3. The second-order valence-corrected chi connectivity index (χ2v) is 9.46. The smallest absolute Gasteiger partial charge is 0.280 e. The number of anilines is 1. The van der Waals surface area contributed by atoms with E-state index in [0.29, 0.717) is 35.1 Å². The fourth-order valence-electron chi connectivity index (χ4n) is 3.62. The summed E-state index contributed by atoms with van der Waals surface area (Å²) in [6.45, 7) is 2.24. The summed E-state index contributed by atoms with van der Waals surface area (Å²) in [6, 6.07) is 21.2. The van der Waals surface area contributed by atoms with Crippen molar-refractivity contribution < 1.29 is 22.7 Å². The molecule has 9 heteroatoms. The summed E-state index contributed by atoms with van der Waals surface area (Å²) in [7, 11) is -2.26. The molecule has 3 aromatic carbocycles. The first kappa shape index (κ1) is 24.2. The standard InChI is InChI=1S/C26H25N3O5S/c1-18-23(26(30)29(28-18)21-9-11-22(12-10-21)35(27,31)32)16-20-8-13-24(25(17-20)33-2)34-15-14-19-6-4-3-5-7-19/h3-13,16-17H,14-15H2,1-2H3,(H2,27,31,32)/b23-16-. The Labute approximate surface area is 204 Å². The van der Waals surface area contributed by atoms with Gasteiger partial charge in [-0.2, -0.15) is 10.1 Å². The average molecular weight is 492 g/mol. The van der Waals surface area contributed by atoms with Crippen LogP contribution in [0.5, 0.6) is 11.5 Å². The van der Waals surface area contributed by atoms with Gasteiger partial charge < -0.3 is 9.47 Å². The van der Waals surface area contributed by atoms with Gasteiger partial charge in [-0.25, -0.2) is 13.6 Å². The number of amides is 1. The highest BCUT2D eigenvalue weighted by Crippen LogP contribution is 2.31. The van der Waals surface area contributed by atoms with Gasteiger partial charge in [0.05, 0.1) is 35.6 Å². The maximum Gasteiger partial charge on any atom is 0.280 e. The van der Waals surface area contributed by atoms with Crippen LogP contribution in [0.1, 0.15) is 18.1 Å². The molecule has 1 aliphatic rings. The van der Waals surface area contributed by atoms with E-state index in [9.17, 15) is 13.2 Å². The molecule has 180 valence electrons. The Bertz CT molecular complexity index is 1400. The third kappa shape index (κ3) is 5.59. The van der Waals surface area contributed by atoms with Crippen LogP contribution in [0.15, 0.2) is 88.4 Å². The second-order valence-electron chi connectivity index (χ2n) is 7.89. The molecule has 0 radical (unpaired) electrons. The Balaban J connectivity index is 1.49. The summed E-state index contributed by atoms with van der Waals surface area (Å²) in [6.07, 6.45) is 2.50. The summed E-state index contributed by atoms with van der Waals surface area (Å²) < 4.78 is 34.4. The number of hydrogen-bond donors (Lipinski definition) is 1. The molecule has 0 bridgehead atoms. The lowest BCUT2D eigenvalue weighted by Gasteiger charge is -2.13. The summed E-state index contributed by atoms with van der Waals surface area (Å²) in [5.74, 6) is 0.848. The SMILES string of the molecule is COc1cc(/C=C2\C(=O)N(c3ccc(S(N)(=O)=O)cc3)N=C2C)ccc1OCCc1ccccc1. The zero-order valence-corrected chi connectivity index (χ0v) is 20.2. The molecule has 0 fully saturated rings. The number of ether oxygens (including phenoxy) is 2. The van der Waals surface area contributed by atoms with E-state index in [1.807, 2.05) is 30.3 Å². The monoisotopic (exact) mass is 491 g/mol. The molecule has 0 atom stereocenters. The Hall–Kier alpha value is -3.95. The van der Waals surface area contributed by atoms with Gasteiger partial charge in [0.1, 0.15) is 0 Å². The summed E-state index contributed by atoms with van der Waals surface area (Å²) >= 11 is 0. The number of hydrogen-bond acceptors (Lipinski definition) is 6. The predicted molar refractivity (Wildman–Crippen MR) is 135 cm³/mol. The molecule has 35 heavy (non-hydrogen) atoms. The molecule has 1 amide bonds. The van der Waals surface area contributed by atoms with Crippen LogP contribution >= 0.6 is 0 Å². The van der Waals surface area contributed by atoms with E-state index in [4.69, 9.17) is 14.6 Å². The minimum Gasteiger partial charge on any atom is -0.493 e. The van der Waals surface area contributed by atoms with Crippen molar-refractivity contribution in [2.24, 2.45) is 10.2 Å². The fraction of sp³-hybridized carbons (Fsp3) is 0.154. The highest BCUT2D eigenvalue weighted by atomic mass is 32.2. The lowest BCUT2D eigenvalue weighted by molar-refractivity contribution is -0.114. The van der Waals surface area contributed by atoms with Gasteiger partial charge in [0.2, 0.25) is 10.0 Å². The first-order valence-corrected chi connectivity index (χ1v) is 12.4. The van der Waals surface area contributed by atoms with Crippen LogP contribution in [0.25, 0.3) is 6.08 Å². The molecule has 0 aromatic heterocycles. The zero-order chi connectivity index (χ0) is 25.0. The molecule has 1 heterocycles. The van der Waals surface area contributed by atoms with Crippen molar-refractivity contribution in [3.05, 3.63) is 89.5 Å². The lowest BCUT2D eigenvalue weighted by Crippen LogP contribution is -2.21. The molecule has 8 nitrogen and oxygen atoms in total. The number of rotatable bonds is 8. The third-order valence-electron chi connectivity index (χ3n) is 5.46. The number of carbonyl (C=O) groups excluding carboxylic acids is 1. The van der Waals surface area contributed by atoms with Gasteiger partial charge in [0.25, 0.3) is 5.91 Å². The van der Waals surface area contributed by atoms with Gasteiger partial charge >= 0.3 is 0 Å². The topological polar surface area (TPSA) is 111 Å². The van der Waals surface area contributed by atoms with Crippen molar-refractivity contribution >= 4 is 33.4 Å². The van der Waals surface area contributed by atoms with E-state index in [1.54, 1.807) is 26.2 Å². The van der Waals surface area contributed by atoms with E-state index in [0.717, 1.165) is 12.0 Å². The van der Waals surface area contributed by atoms with Crippen LogP contribution in [0, 0.1) is 0 Å². The van der Waals surface area contributed by atoms with Gasteiger partial charge in [-0.3, -0.25) is 4.79 Å². The predicted octanol–water partition coefficient (Wildman–Crippen LogP) is 3.77. The highest BCUT2D eigenvalue weighted by Gasteiger charge is 2.29. The molecule has 3 aromatic rings. The molecule has 2 N–H and O–H groups in total. The lowest BCUT2D eigenvalue weighted by atomic mass is 10.1. The fourth-order valence-corrected chi connectivity index (χ4v) is 4.14. The number of nitrogens with two attached hydrogens (primary N) is 1. The maximum atomic E-state index is 13.0. The number of primary sulfonamides is 1. The van der Waals surface area contributed by atoms with Gasteiger partial charge in [0.15, 0.2) is 11.5 Å². The van der Waals surface area contributed by atoms with Crippen molar-refractivity contribution in [3.63, 3.8) is 0 Å². The molecule has 0 aliphatic carbocycles. The van der Waals surface area contributed by atoms with E-state index in [2.05, 4.69) is 17.2 Å². The second kappa shape index (κ2) is 10.1. The minimum atomic E-state index is -3.82. The van der Waals surface area contributed by atoms with Crippen LogP contribution in [-0.4, -0.2) is 33.8 Å². The third-order valence-corrected chi connectivity index (χ3v) is 6.39. The van der Waals surface area contributed by atoms with Gasteiger partial charge in [0, 0.05) is 6.42 Å². The van der Waals surface area contributed by atoms with E-state index in [-0.39, 0.29) is 10.8 Å². The first-order chi connectivity index (χ1) is 16.8. The van der Waals surface area contributed by atoms with Crippen molar-refractivity contribution in [2.75, 3.05) is 18.7 Å². The Kier molecular flexibility index (Phi) is 6.99. The average Bonchev–Trinajstić information content (AvgIpc) is 3.13. The first-order valence-electron chi connectivity index (χ1n) is 10.9. The molecule has 0 saturated carbocycles. The van der Waals surface area contributed by atoms with E-state index >= 15 is 0 Å². The van der Waals surface area contributed by atoms with Gasteiger partial charge in [-0.05, 0) is 60.5 Å². The molecular weight excluding hydrogens is 466 g/mol. The van der Waals surface area contributed by atoms with Crippen molar-refractivity contribution in [3.8, 4) is 11.5 Å². The molecule has 0 spiro atoms. The molecule has 0 unspecified atom stereocenters. The van der Waals surface area contributed by atoms with Crippen molar-refractivity contribution in [1.82, 2.24) is 0 Å². The minimum absolute atomic E-state index is 0.0393. The summed E-state index contributed by atoms with van der Waals surface area (Å²) in [4.78, 5) is 13.0. The Morgan fingerprint density at radius 2 is 1.71 bits per heavy atom. The summed E-state index contributed by atoms with van der Waals surface area (Å²) in [5, 5.41) is 10.7. The molecule has 1 aliphatic heterocycles. The van der Waals surface area contributed by atoms with Crippen LogP contribution in [0.3, 0.4) is 0 Å². The largest absolute Gasteiger partial charge is 0.493 e. The molecule has 0 saturated heterocycles. The van der Waals surface area contributed by atoms with Crippen LogP contribution in [0.2, 0.25) is 0 Å². The maximum absolute atomic E-state index is 13.0. The number of sulfonamides is 1. The van der Waals surface area contributed by atoms with Crippen molar-refractivity contribution in [2.45, 2.75) is 18.2 Å². The molecule has 4 rings (SSSR count). The number of nitrogens with zero attached hydrogens (tertiary/aromatic N) is 2. The van der Waals surface area contributed by atoms with Crippen LogP contribution < -0.4 is 19.6 Å².